The van der Waals surface area contributed by atoms with E-state index in [2.05, 4.69) is 20.9 Å². The Morgan fingerprint density at radius 2 is 1.50 bits per heavy atom. The van der Waals surface area contributed by atoms with E-state index in [0.29, 0.717) is 0 Å². The summed E-state index contributed by atoms with van der Waals surface area (Å²) in [6, 6.07) is -4.24. The number of hydrogen-bond donors (Lipinski definition) is 9. The van der Waals surface area contributed by atoms with Gasteiger partial charge in [-0.25, -0.2) is 4.79 Å². The first-order valence-electron chi connectivity index (χ1n) is 9.67. The van der Waals surface area contributed by atoms with E-state index in [9.17, 15) is 29.1 Å². The fourth-order valence-corrected chi connectivity index (χ4v) is 2.48. The van der Waals surface area contributed by atoms with Crippen LogP contribution in [-0.2, 0) is 24.0 Å². The van der Waals surface area contributed by atoms with Gasteiger partial charge < -0.3 is 48.5 Å². The van der Waals surface area contributed by atoms with Crippen molar-refractivity contribution in [3.63, 3.8) is 0 Å². The predicted molar refractivity (Wildman–Crippen MR) is 111 cm³/mol. The van der Waals surface area contributed by atoms with Gasteiger partial charge in [0.15, 0.2) is 12.0 Å². The molecule has 0 rings (SSSR count). The van der Waals surface area contributed by atoms with Crippen LogP contribution in [0.4, 0.5) is 0 Å². The fraction of sp³-hybridized carbons (Fsp3) is 0.647. The number of aliphatic carboxylic acids is 2. The number of guanidine groups is 1. The quantitative estimate of drug-likeness (QED) is 0.0640. The molecule has 0 saturated heterocycles. The molecular formula is C17H31N7O8. The lowest BCUT2D eigenvalue weighted by molar-refractivity contribution is -0.145. The van der Waals surface area contributed by atoms with Crippen LogP contribution in [0.2, 0.25) is 0 Å². The van der Waals surface area contributed by atoms with E-state index in [1.165, 1.54) is 0 Å². The van der Waals surface area contributed by atoms with Crippen molar-refractivity contribution in [1.29, 1.82) is 0 Å². The molecule has 0 radical (unpaired) electrons. The first-order valence-corrected chi connectivity index (χ1v) is 9.67. The number of aliphatic imine (C=N–C) groups is 1. The highest BCUT2D eigenvalue weighted by atomic mass is 16.4. The Hall–Kier alpha value is -3.46. The zero-order valence-corrected chi connectivity index (χ0v) is 17.6. The highest BCUT2D eigenvalue weighted by molar-refractivity contribution is 5.93. The second-order valence-electron chi connectivity index (χ2n) is 6.83. The van der Waals surface area contributed by atoms with Crippen molar-refractivity contribution in [3.05, 3.63) is 0 Å². The van der Waals surface area contributed by atoms with Crippen LogP contribution in [0.3, 0.4) is 0 Å². The number of rotatable bonds is 15. The average molecular weight is 461 g/mol. The van der Waals surface area contributed by atoms with E-state index in [0.717, 1.165) is 6.92 Å². The SMILES string of the molecule is CC(O)C(NC(=O)C(CCCN=C(N)N)NC(=O)C(CCC(=O)O)NC(=O)CN)C(=O)O. The molecule has 0 saturated carbocycles. The number of carbonyl (C=O) groups is 5. The minimum absolute atomic E-state index is 0.0308. The van der Waals surface area contributed by atoms with Gasteiger partial charge in [0.2, 0.25) is 17.7 Å². The number of aliphatic hydroxyl groups is 1. The molecule has 15 nitrogen and oxygen atoms in total. The van der Waals surface area contributed by atoms with E-state index < -0.39 is 66.9 Å². The lowest BCUT2D eigenvalue weighted by atomic mass is 10.1. The van der Waals surface area contributed by atoms with Crippen molar-refractivity contribution >= 4 is 35.6 Å². The molecule has 4 atom stereocenters. The van der Waals surface area contributed by atoms with Crippen LogP contribution in [0.1, 0.15) is 32.6 Å². The Kier molecular flexibility index (Phi) is 13.0. The van der Waals surface area contributed by atoms with Gasteiger partial charge in [0.25, 0.3) is 0 Å². The molecule has 4 unspecified atom stereocenters. The van der Waals surface area contributed by atoms with Crippen molar-refractivity contribution in [2.75, 3.05) is 13.1 Å². The zero-order chi connectivity index (χ0) is 24.8. The molecule has 0 aromatic rings. The number of hydrogen-bond acceptors (Lipinski definition) is 8. The summed E-state index contributed by atoms with van der Waals surface area (Å²) in [4.78, 5) is 62.7. The van der Waals surface area contributed by atoms with Crippen molar-refractivity contribution in [3.8, 4) is 0 Å². The molecule has 0 heterocycles. The number of nitrogens with one attached hydrogen (secondary N) is 3. The largest absolute Gasteiger partial charge is 0.481 e. The number of aliphatic hydroxyl groups excluding tert-OH is 1. The normalized spacial score (nSPS) is 14.2. The Bertz CT molecular complexity index is 709. The van der Waals surface area contributed by atoms with E-state index in [-0.39, 0.29) is 31.8 Å². The van der Waals surface area contributed by atoms with Crippen molar-refractivity contribution < 1.29 is 39.3 Å². The number of amides is 3. The molecule has 0 aromatic carbocycles. The molecule has 0 aliphatic rings. The van der Waals surface area contributed by atoms with Crippen LogP contribution < -0.4 is 33.2 Å². The minimum atomic E-state index is -1.64. The van der Waals surface area contributed by atoms with Gasteiger partial charge in [-0.15, -0.1) is 0 Å². The maximum atomic E-state index is 12.6. The fourth-order valence-electron chi connectivity index (χ4n) is 2.48. The van der Waals surface area contributed by atoms with Crippen LogP contribution in [0.25, 0.3) is 0 Å². The molecule has 0 aliphatic carbocycles. The van der Waals surface area contributed by atoms with Crippen molar-refractivity contribution in [2.45, 2.75) is 56.8 Å². The van der Waals surface area contributed by atoms with Crippen LogP contribution in [0.15, 0.2) is 4.99 Å². The summed E-state index contributed by atoms with van der Waals surface area (Å²) in [7, 11) is 0. The average Bonchev–Trinajstić information content (AvgIpc) is 2.69. The Balaban J connectivity index is 5.49. The maximum absolute atomic E-state index is 12.6. The van der Waals surface area contributed by atoms with E-state index >= 15 is 0 Å². The lowest BCUT2D eigenvalue weighted by Crippen LogP contribution is -2.57. The van der Waals surface area contributed by atoms with Crippen molar-refractivity contribution in [2.24, 2.45) is 22.2 Å². The second kappa shape index (κ2) is 14.5. The molecule has 15 heteroatoms. The highest BCUT2D eigenvalue weighted by Gasteiger charge is 2.31. The molecule has 3 amide bonds. The summed E-state index contributed by atoms with van der Waals surface area (Å²) in [6.45, 7) is 0.816. The summed E-state index contributed by atoms with van der Waals surface area (Å²) >= 11 is 0. The van der Waals surface area contributed by atoms with Gasteiger partial charge in [-0.05, 0) is 26.2 Å². The smallest absolute Gasteiger partial charge is 0.328 e. The summed E-state index contributed by atoms with van der Waals surface area (Å²) in [5.74, 6) is -5.40. The third kappa shape index (κ3) is 11.7. The number of carboxylic acids is 2. The molecule has 0 fully saturated rings. The number of carboxylic acid groups (broad SMARTS) is 2. The molecule has 32 heavy (non-hydrogen) atoms. The third-order valence-electron chi connectivity index (χ3n) is 4.11. The van der Waals surface area contributed by atoms with Gasteiger partial charge in [-0.3, -0.25) is 24.2 Å². The van der Waals surface area contributed by atoms with E-state index in [4.69, 9.17) is 27.4 Å². The molecule has 0 aromatic heterocycles. The highest BCUT2D eigenvalue weighted by Crippen LogP contribution is 2.05. The summed E-state index contributed by atoms with van der Waals surface area (Å²) in [5.41, 5.74) is 15.7. The molecule has 12 N–H and O–H groups in total. The molecule has 0 aliphatic heterocycles. The van der Waals surface area contributed by atoms with Gasteiger partial charge in [0, 0.05) is 13.0 Å². The van der Waals surface area contributed by atoms with Gasteiger partial charge in [0.1, 0.15) is 12.1 Å². The van der Waals surface area contributed by atoms with Gasteiger partial charge in [0.05, 0.1) is 12.6 Å². The van der Waals surface area contributed by atoms with E-state index in [1.54, 1.807) is 0 Å². The maximum Gasteiger partial charge on any atom is 0.328 e. The van der Waals surface area contributed by atoms with E-state index in [1.807, 2.05) is 0 Å². The van der Waals surface area contributed by atoms with Crippen LogP contribution in [0, 0.1) is 0 Å². The minimum Gasteiger partial charge on any atom is -0.481 e. The number of nitrogens with two attached hydrogens (primary N) is 3. The van der Waals surface area contributed by atoms with Crippen LogP contribution in [-0.4, -0.2) is 88.3 Å². The zero-order valence-electron chi connectivity index (χ0n) is 17.6. The first kappa shape index (κ1) is 28.5. The monoisotopic (exact) mass is 461 g/mol. The van der Waals surface area contributed by atoms with Crippen LogP contribution >= 0.6 is 0 Å². The second-order valence-corrected chi connectivity index (χ2v) is 6.83. The summed E-state index contributed by atoms with van der Waals surface area (Å²) in [5, 5.41) is 34.3. The third-order valence-corrected chi connectivity index (χ3v) is 4.11. The molecule has 0 bridgehead atoms. The molecule has 182 valence electrons. The molecule has 0 spiro atoms. The molecular weight excluding hydrogens is 430 g/mol. The Morgan fingerprint density at radius 3 is 1.97 bits per heavy atom. The Labute approximate surface area is 183 Å². The van der Waals surface area contributed by atoms with Gasteiger partial charge >= 0.3 is 11.9 Å². The van der Waals surface area contributed by atoms with Crippen LogP contribution in [0.5, 0.6) is 0 Å². The first-order chi connectivity index (χ1) is 14.9. The van der Waals surface area contributed by atoms with Crippen molar-refractivity contribution in [1.82, 2.24) is 16.0 Å². The predicted octanol–water partition coefficient (Wildman–Crippen LogP) is -4.22. The topological polar surface area (TPSA) is 273 Å². The number of carbonyl (C=O) groups excluding carboxylic acids is 3. The number of nitrogens with zero attached hydrogens (tertiary/aromatic N) is 1. The van der Waals surface area contributed by atoms with Gasteiger partial charge in [-0.1, -0.05) is 0 Å². The summed E-state index contributed by atoms with van der Waals surface area (Å²) < 4.78 is 0. The lowest BCUT2D eigenvalue weighted by Gasteiger charge is -2.25. The van der Waals surface area contributed by atoms with Gasteiger partial charge in [-0.2, -0.15) is 0 Å². The Morgan fingerprint density at radius 1 is 0.938 bits per heavy atom. The summed E-state index contributed by atoms with van der Waals surface area (Å²) in [6.07, 6.45) is -1.98. The standard InChI is InChI=1S/C17H31N7O8/c1-8(25)13(16(31)32)24-15(30)9(3-2-6-21-17(19)20)23-14(29)10(4-5-12(27)28)22-11(26)7-18/h8-10,13,25H,2-7,18H2,1H3,(H,22,26)(H,23,29)(H,24,30)(H,27,28)(H,31,32)(H4,19,20,21).